The van der Waals surface area contributed by atoms with Crippen molar-refractivity contribution in [3.05, 3.63) is 124 Å². The van der Waals surface area contributed by atoms with Gasteiger partial charge in [0.15, 0.2) is 5.78 Å². The van der Waals surface area contributed by atoms with Gasteiger partial charge in [-0.1, -0.05) is 72.2 Å². The molecular formula is C26H22Cl2O. The molecule has 0 heterocycles. The van der Waals surface area contributed by atoms with Crippen molar-refractivity contribution in [2.45, 2.75) is 18.8 Å². The van der Waals surface area contributed by atoms with Crippen molar-refractivity contribution in [3.63, 3.8) is 0 Å². The Morgan fingerprint density at radius 1 is 0.828 bits per heavy atom. The summed E-state index contributed by atoms with van der Waals surface area (Å²) in [4.78, 5) is 13.0. The van der Waals surface area contributed by atoms with E-state index in [1.807, 2.05) is 30.3 Å². The standard InChI is InChI=1S/C26H22Cl2O/c1-2-6-21(26(29)22-11-16-24(28)17-12-22)13-18-25(19-7-4-3-5-8-19)20-9-14-23(27)15-10-20/h3-12,14-17,21,25H,1,13,18H2. The predicted octanol–water partition coefficient (Wildman–Crippen LogP) is 7.75. The largest absolute Gasteiger partial charge is 0.293 e. The molecule has 0 bridgehead atoms. The van der Waals surface area contributed by atoms with Crippen molar-refractivity contribution in [3.8, 4) is 0 Å². The van der Waals surface area contributed by atoms with Gasteiger partial charge < -0.3 is 0 Å². The van der Waals surface area contributed by atoms with Crippen LogP contribution in [-0.4, -0.2) is 5.78 Å². The smallest absolute Gasteiger partial charge is 0.170 e. The SMILES string of the molecule is C=C=CC(CCC(c1ccccc1)c1ccc(Cl)cc1)C(=O)c1ccc(Cl)cc1. The van der Waals surface area contributed by atoms with Crippen LogP contribution in [0.15, 0.2) is 97.2 Å². The maximum Gasteiger partial charge on any atom is 0.170 e. The molecule has 0 spiro atoms. The average molecular weight is 421 g/mol. The van der Waals surface area contributed by atoms with Crippen molar-refractivity contribution < 1.29 is 4.79 Å². The molecule has 0 aromatic heterocycles. The van der Waals surface area contributed by atoms with Gasteiger partial charge >= 0.3 is 0 Å². The van der Waals surface area contributed by atoms with E-state index in [1.54, 1.807) is 30.3 Å². The van der Waals surface area contributed by atoms with Gasteiger partial charge in [0.25, 0.3) is 0 Å². The van der Waals surface area contributed by atoms with Gasteiger partial charge in [-0.15, -0.1) is 5.73 Å². The van der Waals surface area contributed by atoms with Crippen molar-refractivity contribution >= 4 is 29.0 Å². The number of hydrogen-bond acceptors (Lipinski definition) is 1. The Morgan fingerprint density at radius 3 is 1.97 bits per heavy atom. The third kappa shape index (κ3) is 5.71. The average Bonchev–Trinajstić information content (AvgIpc) is 2.75. The summed E-state index contributed by atoms with van der Waals surface area (Å²) in [6, 6.07) is 25.3. The molecular weight excluding hydrogens is 399 g/mol. The second-order valence-corrected chi connectivity index (χ2v) is 7.81. The van der Waals surface area contributed by atoms with Crippen LogP contribution in [0.25, 0.3) is 0 Å². The summed E-state index contributed by atoms with van der Waals surface area (Å²) in [6.45, 7) is 3.68. The van der Waals surface area contributed by atoms with E-state index in [-0.39, 0.29) is 17.6 Å². The Kier molecular flexibility index (Phi) is 7.49. The zero-order chi connectivity index (χ0) is 20.6. The molecule has 0 aliphatic heterocycles. The Bertz CT molecular complexity index is 985. The number of allylic oxidation sites excluding steroid dienone is 1. The molecule has 0 amide bonds. The van der Waals surface area contributed by atoms with Crippen LogP contribution in [0.3, 0.4) is 0 Å². The van der Waals surface area contributed by atoms with Gasteiger partial charge in [-0.25, -0.2) is 0 Å². The van der Waals surface area contributed by atoms with Gasteiger partial charge in [-0.2, -0.15) is 0 Å². The van der Waals surface area contributed by atoms with Crippen molar-refractivity contribution in [1.29, 1.82) is 0 Å². The Balaban J connectivity index is 1.84. The van der Waals surface area contributed by atoms with Gasteiger partial charge in [0.2, 0.25) is 0 Å². The van der Waals surface area contributed by atoms with Gasteiger partial charge in [0, 0.05) is 27.4 Å². The number of carbonyl (C=O) groups is 1. The topological polar surface area (TPSA) is 17.1 Å². The number of Topliss-reactive ketones (excluding diaryl/α,β-unsaturated/α-hetero) is 1. The zero-order valence-corrected chi connectivity index (χ0v) is 17.5. The zero-order valence-electron chi connectivity index (χ0n) is 16.0. The first kappa shape index (κ1) is 21.1. The molecule has 3 heteroatoms. The van der Waals surface area contributed by atoms with Crippen LogP contribution in [0.5, 0.6) is 0 Å². The van der Waals surface area contributed by atoms with Gasteiger partial charge in [-0.05, 0) is 66.4 Å². The third-order valence-electron chi connectivity index (χ3n) is 5.03. The molecule has 0 aliphatic carbocycles. The maximum atomic E-state index is 13.0. The van der Waals surface area contributed by atoms with Gasteiger partial charge in [0.05, 0.1) is 0 Å². The minimum Gasteiger partial charge on any atom is -0.293 e. The van der Waals surface area contributed by atoms with Crippen molar-refractivity contribution in [2.75, 3.05) is 0 Å². The quantitative estimate of drug-likeness (QED) is 0.268. The first-order chi connectivity index (χ1) is 14.1. The van der Waals surface area contributed by atoms with Crippen LogP contribution < -0.4 is 0 Å². The van der Waals surface area contributed by atoms with E-state index in [0.717, 1.165) is 6.42 Å². The van der Waals surface area contributed by atoms with Crippen LogP contribution in [0.1, 0.15) is 40.2 Å². The molecule has 2 atom stereocenters. The van der Waals surface area contributed by atoms with Crippen LogP contribution >= 0.6 is 23.2 Å². The molecule has 146 valence electrons. The molecule has 3 rings (SSSR count). The second kappa shape index (κ2) is 10.3. The molecule has 3 aromatic carbocycles. The van der Waals surface area contributed by atoms with Crippen molar-refractivity contribution in [1.82, 2.24) is 0 Å². The summed E-state index contributed by atoms with van der Waals surface area (Å²) in [5.41, 5.74) is 5.85. The van der Waals surface area contributed by atoms with Crippen LogP contribution in [0.4, 0.5) is 0 Å². The van der Waals surface area contributed by atoms with Crippen LogP contribution in [-0.2, 0) is 0 Å². The molecule has 0 saturated heterocycles. The van der Waals surface area contributed by atoms with E-state index in [2.05, 4.69) is 36.6 Å². The molecule has 2 unspecified atom stereocenters. The lowest BCUT2D eigenvalue weighted by Crippen LogP contribution is -2.14. The Hall–Kier alpha value is -2.57. The highest BCUT2D eigenvalue weighted by Crippen LogP contribution is 2.32. The van der Waals surface area contributed by atoms with Gasteiger partial charge in [0.1, 0.15) is 0 Å². The second-order valence-electron chi connectivity index (χ2n) is 6.94. The number of benzene rings is 3. The number of hydrogen-bond donors (Lipinski definition) is 0. The molecule has 29 heavy (non-hydrogen) atoms. The Labute approximate surface area is 182 Å². The maximum absolute atomic E-state index is 13.0. The minimum atomic E-state index is -0.285. The van der Waals surface area contributed by atoms with E-state index >= 15 is 0 Å². The minimum absolute atomic E-state index is 0.0562. The van der Waals surface area contributed by atoms with E-state index in [9.17, 15) is 4.79 Å². The summed E-state index contributed by atoms with van der Waals surface area (Å²) in [5.74, 6) is -0.0554. The highest BCUT2D eigenvalue weighted by atomic mass is 35.5. The lowest BCUT2D eigenvalue weighted by molar-refractivity contribution is 0.0938. The number of ketones is 1. The molecule has 0 aliphatic rings. The lowest BCUT2D eigenvalue weighted by atomic mass is 9.83. The summed E-state index contributed by atoms with van der Waals surface area (Å²) >= 11 is 12.0. The molecule has 0 fully saturated rings. The fourth-order valence-electron chi connectivity index (χ4n) is 3.51. The molecule has 0 saturated carbocycles. The predicted molar refractivity (Wildman–Crippen MR) is 122 cm³/mol. The molecule has 3 aromatic rings. The van der Waals surface area contributed by atoms with Gasteiger partial charge in [-0.3, -0.25) is 4.79 Å². The first-order valence-electron chi connectivity index (χ1n) is 9.54. The summed E-state index contributed by atoms with van der Waals surface area (Å²) in [7, 11) is 0. The van der Waals surface area contributed by atoms with Crippen LogP contribution in [0.2, 0.25) is 10.0 Å². The monoisotopic (exact) mass is 420 g/mol. The fraction of sp³-hybridized carbons (Fsp3) is 0.154. The number of carbonyl (C=O) groups excluding carboxylic acids is 1. The summed E-state index contributed by atoms with van der Waals surface area (Å²) in [6.07, 6.45) is 3.26. The first-order valence-corrected chi connectivity index (χ1v) is 10.3. The normalized spacial score (nSPS) is 12.6. The Morgan fingerprint density at radius 2 is 1.38 bits per heavy atom. The van der Waals surface area contributed by atoms with E-state index in [4.69, 9.17) is 23.2 Å². The molecule has 0 N–H and O–H groups in total. The van der Waals surface area contributed by atoms with E-state index < -0.39 is 0 Å². The highest BCUT2D eigenvalue weighted by Gasteiger charge is 2.21. The molecule has 0 radical (unpaired) electrons. The number of rotatable bonds is 8. The number of halogens is 2. The third-order valence-corrected chi connectivity index (χ3v) is 5.53. The fourth-order valence-corrected chi connectivity index (χ4v) is 3.77. The lowest BCUT2D eigenvalue weighted by Gasteiger charge is -2.20. The highest BCUT2D eigenvalue weighted by molar-refractivity contribution is 6.30. The van der Waals surface area contributed by atoms with Crippen molar-refractivity contribution in [2.24, 2.45) is 5.92 Å². The van der Waals surface area contributed by atoms with E-state index in [0.29, 0.717) is 22.0 Å². The van der Waals surface area contributed by atoms with Crippen LogP contribution in [0, 0.1) is 5.92 Å². The summed E-state index contributed by atoms with van der Waals surface area (Å²) < 4.78 is 0. The van der Waals surface area contributed by atoms with E-state index in [1.165, 1.54) is 11.1 Å². The summed E-state index contributed by atoms with van der Waals surface area (Å²) in [5, 5.41) is 1.33. The molecule has 1 nitrogen and oxygen atoms in total.